The minimum Gasteiger partial charge on any atom is -0.348 e. The Morgan fingerprint density at radius 3 is 2.50 bits per heavy atom. The molecule has 1 fully saturated rings. The van der Waals surface area contributed by atoms with Gasteiger partial charge in [-0.2, -0.15) is 0 Å². The van der Waals surface area contributed by atoms with Crippen molar-refractivity contribution in [3.8, 4) is 0 Å². The van der Waals surface area contributed by atoms with E-state index in [0.29, 0.717) is 18.3 Å². The van der Waals surface area contributed by atoms with Crippen molar-refractivity contribution in [2.75, 3.05) is 18.0 Å². The Morgan fingerprint density at radius 2 is 1.85 bits per heavy atom. The first kappa shape index (κ1) is 14.1. The zero-order valence-electron chi connectivity index (χ0n) is 12.9. The number of carbonyl (C=O) groups excluding carboxylic acids is 1. The monoisotopic (exact) mass is 292 g/mol. The second-order valence-corrected chi connectivity index (χ2v) is 8.54. The number of carbonyl (C=O) groups is 1. The normalized spacial score (nSPS) is 29.4. The molecule has 110 valence electrons. The van der Waals surface area contributed by atoms with E-state index in [2.05, 4.69) is 32.6 Å². The van der Waals surface area contributed by atoms with Gasteiger partial charge in [0, 0.05) is 19.5 Å². The molecular formula is C16H24N2OS. The zero-order valence-corrected chi connectivity index (χ0v) is 13.7. The summed E-state index contributed by atoms with van der Waals surface area (Å²) in [6, 6.07) is 0. The molecule has 1 aromatic rings. The van der Waals surface area contributed by atoms with E-state index < -0.39 is 0 Å². The number of thiazole rings is 1. The molecule has 0 N–H and O–H groups in total. The first-order valence-corrected chi connectivity index (χ1v) is 8.43. The molecule has 1 aliphatic heterocycles. The van der Waals surface area contributed by atoms with Crippen LogP contribution in [0, 0.1) is 17.3 Å². The fraction of sp³-hybridized carbons (Fsp3) is 0.750. The molecule has 0 saturated carbocycles. The molecule has 2 heterocycles. The van der Waals surface area contributed by atoms with Crippen LogP contribution in [-0.2, 0) is 6.42 Å². The van der Waals surface area contributed by atoms with Crippen molar-refractivity contribution in [1.82, 2.24) is 4.98 Å². The molecule has 2 aliphatic rings. The van der Waals surface area contributed by atoms with Crippen LogP contribution in [0.1, 0.15) is 55.9 Å². The molecule has 0 bridgehead atoms. The van der Waals surface area contributed by atoms with E-state index in [-0.39, 0.29) is 11.2 Å². The first-order valence-electron chi connectivity index (χ1n) is 7.62. The average molecular weight is 292 g/mol. The Balaban J connectivity index is 1.88. The number of ketones is 1. The van der Waals surface area contributed by atoms with Crippen molar-refractivity contribution >= 4 is 22.3 Å². The van der Waals surface area contributed by atoms with E-state index in [1.54, 1.807) is 11.3 Å². The second-order valence-electron chi connectivity index (χ2n) is 7.56. The van der Waals surface area contributed by atoms with Gasteiger partial charge in [-0.25, -0.2) is 4.98 Å². The Morgan fingerprint density at radius 1 is 1.20 bits per heavy atom. The Hall–Kier alpha value is -0.900. The fourth-order valence-corrected chi connectivity index (χ4v) is 4.70. The second kappa shape index (κ2) is 4.83. The van der Waals surface area contributed by atoms with Gasteiger partial charge in [0.05, 0.1) is 10.6 Å². The molecular weight excluding hydrogens is 268 g/mol. The summed E-state index contributed by atoms with van der Waals surface area (Å²) in [7, 11) is 0. The lowest BCUT2D eigenvalue weighted by Crippen LogP contribution is -2.38. The van der Waals surface area contributed by atoms with Gasteiger partial charge < -0.3 is 4.90 Å². The standard InChI is InChI=1S/C16H24N2OS/c1-10-5-11(2)9-18(8-10)15-17-12-6-16(3,4)7-13(19)14(12)20-15/h10-11H,5-9H2,1-4H3. The maximum Gasteiger partial charge on any atom is 0.186 e. The van der Waals surface area contributed by atoms with Gasteiger partial charge in [0.25, 0.3) is 0 Å². The summed E-state index contributed by atoms with van der Waals surface area (Å²) in [6.07, 6.45) is 2.89. The summed E-state index contributed by atoms with van der Waals surface area (Å²) in [5.74, 6) is 1.72. The Labute approximate surface area is 125 Å². The van der Waals surface area contributed by atoms with Crippen LogP contribution in [0.15, 0.2) is 0 Å². The van der Waals surface area contributed by atoms with Gasteiger partial charge in [-0.15, -0.1) is 0 Å². The zero-order chi connectivity index (χ0) is 14.5. The number of anilines is 1. The molecule has 0 aromatic carbocycles. The van der Waals surface area contributed by atoms with Crippen LogP contribution in [0.5, 0.6) is 0 Å². The number of Topliss-reactive ketones (excluding diaryl/α,β-unsaturated/α-hetero) is 1. The van der Waals surface area contributed by atoms with Crippen LogP contribution in [0.3, 0.4) is 0 Å². The molecule has 0 spiro atoms. The van der Waals surface area contributed by atoms with E-state index in [1.165, 1.54) is 6.42 Å². The van der Waals surface area contributed by atoms with Crippen molar-refractivity contribution in [1.29, 1.82) is 0 Å². The van der Waals surface area contributed by atoms with Crippen molar-refractivity contribution in [3.05, 3.63) is 10.6 Å². The highest BCUT2D eigenvalue weighted by atomic mass is 32.1. The molecule has 2 unspecified atom stereocenters. The number of aromatic nitrogens is 1. The highest BCUT2D eigenvalue weighted by Crippen LogP contribution is 2.40. The summed E-state index contributed by atoms with van der Waals surface area (Å²) in [5, 5.41) is 1.07. The van der Waals surface area contributed by atoms with Gasteiger partial charge in [0.2, 0.25) is 0 Å². The minimum absolute atomic E-state index is 0.0674. The topological polar surface area (TPSA) is 33.2 Å². The summed E-state index contributed by atoms with van der Waals surface area (Å²) >= 11 is 1.62. The lowest BCUT2D eigenvalue weighted by molar-refractivity contribution is 0.0916. The third-order valence-electron chi connectivity index (χ3n) is 4.36. The molecule has 1 aromatic heterocycles. The molecule has 20 heavy (non-hydrogen) atoms. The number of fused-ring (bicyclic) bond motifs is 1. The predicted octanol–water partition coefficient (Wildman–Crippen LogP) is 3.78. The summed E-state index contributed by atoms with van der Waals surface area (Å²) < 4.78 is 0. The first-order chi connectivity index (χ1) is 9.34. The van der Waals surface area contributed by atoms with Crippen LogP contribution in [-0.4, -0.2) is 23.9 Å². The Kier molecular flexibility index (Phi) is 3.39. The minimum atomic E-state index is 0.0674. The maximum atomic E-state index is 12.3. The smallest absolute Gasteiger partial charge is 0.186 e. The van der Waals surface area contributed by atoms with Crippen LogP contribution in [0.4, 0.5) is 5.13 Å². The predicted molar refractivity (Wildman–Crippen MR) is 83.7 cm³/mol. The van der Waals surface area contributed by atoms with Crippen LogP contribution in [0.2, 0.25) is 0 Å². The molecule has 2 atom stereocenters. The maximum absolute atomic E-state index is 12.3. The van der Waals surface area contributed by atoms with E-state index in [1.807, 2.05) is 0 Å². The van der Waals surface area contributed by atoms with Crippen molar-refractivity contribution in [3.63, 3.8) is 0 Å². The van der Waals surface area contributed by atoms with Crippen molar-refractivity contribution in [2.45, 2.75) is 47.0 Å². The van der Waals surface area contributed by atoms with Gasteiger partial charge in [-0.1, -0.05) is 39.0 Å². The average Bonchev–Trinajstić information content (AvgIpc) is 2.69. The van der Waals surface area contributed by atoms with E-state index >= 15 is 0 Å². The van der Waals surface area contributed by atoms with Crippen molar-refractivity contribution < 1.29 is 4.79 Å². The highest BCUT2D eigenvalue weighted by molar-refractivity contribution is 7.17. The third kappa shape index (κ3) is 2.62. The van der Waals surface area contributed by atoms with Crippen LogP contribution >= 0.6 is 11.3 Å². The van der Waals surface area contributed by atoms with Gasteiger partial charge in [0.15, 0.2) is 10.9 Å². The summed E-state index contributed by atoms with van der Waals surface area (Å²) in [5.41, 5.74) is 1.11. The quantitative estimate of drug-likeness (QED) is 0.790. The van der Waals surface area contributed by atoms with Crippen LogP contribution in [0.25, 0.3) is 0 Å². The van der Waals surface area contributed by atoms with Gasteiger partial charge in [0.1, 0.15) is 0 Å². The number of hydrogen-bond acceptors (Lipinski definition) is 4. The van der Waals surface area contributed by atoms with Crippen molar-refractivity contribution in [2.24, 2.45) is 17.3 Å². The molecule has 1 saturated heterocycles. The molecule has 0 amide bonds. The molecule has 1 aliphatic carbocycles. The summed E-state index contributed by atoms with van der Waals surface area (Å²) in [4.78, 5) is 20.4. The fourth-order valence-electron chi connectivity index (χ4n) is 3.66. The molecule has 4 heteroatoms. The van der Waals surface area contributed by atoms with E-state index in [0.717, 1.165) is 35.2 Å². The molecule has 3 rings (SSSR count). The lowest BCUT2D eigenvalue weighted by Gasteiger charge is -2.34. The summed E-state index contributed by atoms with van der Waals surface area (Å²) in [6.45, 7) is 11.1. The largest absolute Gasteiger partial charge is 0.348 e. The number of nitrogens with zero attached hydrogens (tertiary/aromatic N) is 2. The SMILES string of the molecule is CC1CC(C)CN(c2nc3c(s2)C(=O)CC(C)(C)C3)C1. The lowest BCUT2D eigenvalue weighted by atomic mass is 9.78. The number of hydrogen-bond donors (Lipinski definition) is 0. The number of rotatable bonds is 1. The Bertz CT molecular complexity index is 525. The number of piperidine rings is 1. The van der Waals surface area contributed by atoms with E-state index in [4.69, 9.17) is 4.98 Å². The van der Waals surface area contributed by atoms with E-state index in [9.17, 15) is 4.79 Å². The van der Waals surface area contributed by atoms with Gasteiger partial charge >= 0.3 is 0 Å². The van der Waals surface area contributed by atoms with Gasteiger partial charge in [-0.3, -0.25) is 4.79 Å². The van der Waals surface area contributed by atoms with Gasteiger partial charge in [-0.05, 0) is 30.1 Å². The van der Waals surface area contributed by atoms with Crippen LogP contribution < -0.4 is 4.90 Å². The molecule has 0 radical (unpaired) electrons. The highest BCUT2D eigenvalue weighted by Gasteiger charge is 2.35. The third-order valence-corrected chi connectivity index (χ3v) is 5.56. The molecule has 3 nitrogen and oxygen atoms in total.